The summed E-state index contributed by atoms with van der Waals surface area (Å²) in [4.78, 5) is 17.5. The molecule has 0 atom stereocenters. The maximum absolute atomic E-state index is 12.6. The van der Waals surface area contributed by atoms with Gasteiger partial charge in [0.15, 0.2) is 17.3 Å². The molecule has 0 aliphatic rings. The zero-order valence-corrected chi connectivity index (χ0v) is 15.2. The van der Waals surface area contributed by atoms with Crippen molar-refractivity contribution in [2.75, 3.05) is 14.2 Å². The molecule has 0 amide bonds. The minimum Gasteiger partial charge on any atom is -0.493 e. The summed E-state index contributed by atoms with van der Waals surface area (Å²) in [5.74, 6) is 3.07. The van der Waals surface area contributed by atoms with E-state index in [0.717, 1.165) is 11.3 Å². The Hall–Kier alpha value is -3.13. The number of furan rings is 1. The topological polar surface area (TPSA) is 78.9 Å². The molecule has 4 rings (SSSR count). The fourth-order valence-corrected chi connectivity index (χ4v) is 3.48. The lowest BCUT2D eigenvalue weighted by molar-refractivity contribution is 0.355. The standard InChI is InChI=1S/C18H15N3O4S/c1-10-4-6-12(25-10)9-15-17(22)21-18(26-15)19-16(20-21)11-5-7-13(23-2)14(8-11)24-3/h4-9H,1-3H3/b15-9-. The first-order valence-electron chi connectivity index (χ1n) is 7.79. The highest BCUT2D eigenvalue weighted by molar-refractivity contribution is 7.15. The lowest BCUT2D eigenvalue weighted by Gasteiger charge is -2.07. The minimum absolute atomic E-state index is 0.224. The predicted molar refractivity (Wildman–Crippen MR) is 97.9 cm³/mol. The molecule has 0 aliphatic carbocycles. The monoisotopic (exact) mass is 369 g/mol. The predicted octanol–water partition coefficient (Wildman–Crippen LogP) is 2.28. The largest absolute Gasteiger partial charge is 0.493 e. The zero-order valence-electron chi connectivity index (χ0n) is 14.3. The smallest absolute Gasteiger partial charge is 0.291 e. The van der Waals surface area contributed by atoms with Gasteiger partial charge in [0, 0.05) is 11.6 Å². The summed E-state index contributed by atoms with van der Waals surface area (Å²) in [6.45, 7) is 1.85. The van der Waals surface area contributed by atoms with Gasteiger partial charge in [0.25, 0.3) is 5.56 Å². The van der Waals surface area contributed by atoms with Crippen molar-refractivity contribution in [3.8, 4) is 22.9 Å². The second kappa shape index (κ2) is 6.30. The SMILES string of the molecule is COc1ccc(-c2nc3s/c(=C\c4ccc(C)o4)c(=O)n3n2)cc1OC. The van der Waals surface area contributed by atoms with E-state index in [9.17, 15) is 4.79 Å². The number of nitrogens with zero attached hydrogens (tertiary/aromatic N) is 3. The molecule has 0 spiro atoms. The third kappa shape index (κ3) is 2.74. The number of rotatable bonds is 4. The fourth-order valence-electron chi connectivity index (χ4n) is 2.59. The van der Waals surface area contributed by atoms with Gasteiger partial charge in [-0.2, -0.15) is 9.50 Å². The van der Waals surface area contributed by atoms with Crippen LogP contribution in [0.5, 0.6) is 11.5 Å². The van der Waals surface area contributed by atoms with Gasteiger partial charge in [-0.15, -0.1) is 5.10 Å². The van der Waals surface area contributed by atoms with Crippen LogP contribution < -0.4 is 19.6 Å². The molecule has 1 aromatic carbocycles. The first-order valence-corrected chi connectivity index (χ1v) is 8.61. The van der Waals surface area contributed by atoms with Crippen molar-refractivity contribution in [1.29, 1.82) is 0 Å². The van der Waals surface area contributed by atoms with Crippen molar-refractivity contribution in [3.05, 3.63) is 56.7 Å². The third-order valence-corrected chi connectivity index (χ3v) is 4.82. The first kappa shape index (κ1) is 16.3. The van der Waals surface area contributed by atoms with E-state index >= 15 is 0 Å². The Morgan fingerprint density at radius 3 is 2.62 bits per heavy atom. The molecule has 132 valence electrons. The van der Waals surface area contributed by atoms with E-state index in [0.29, 0.717) is 32.6 Å². The number of aromatic nitrogens is 3. The van der Waals surface area contributed by atoms with Gasteiger partial charge < -0.3 is 13.9 Å². The molecule has 3 aromatic heterocycles. The van der Waals surface area contributed by atoms with Gasteiger partial charge in [-0.1, -0.05) is 11.3 Å². The molecule has 26 heavy (non-hydrogen) atoms. The van der Waals surface area contributed by atoms with Gasteiger partial charge in [-0.25, -0.2) is 0 Å². The van der Waals surface area contributed by atoms with E-state index < -0.39 is 0 Å². The highest BCUT2D eigenvalue weighted by Crippen LogP contribution is 2.31. The van der Waals surface area contributed by atoms with Gasteiger partial charge in [0.2, 0.25) is 4.96 Å². The summed E-state index contributed by atoms with van der Waals surface area (Å²) < 4.78 is 17.9. The zero-order chi connectivity index (χ0) is 18.3. The van der Waals surface area contributed by atoms with Crippen molar-refractivity contribution in [1.82, 2.24) is 14.6 Å². The first-order chi connectivity index (χ1) is 12.6. The third-order valence-electron chi connectivity index (χ3n) is 3.86. The van der Waals surface area contributed by atoms with Crippen LogP contribution in [0.2, 0.25) is 0 Å². The van der Waals surface area contributed by atoms with Crippen molar-refractivity contribution in [3.63, 3.8) is 0 Å². The van der Waals surface area contributed by atoms with Gasteiger partial charge in [-0.3, -0.25) is 4.79 Å². The van der Waals surface area contributed by atoms with Crippen molar-refractivity contribution in [2.45, 2.75) is 6.92 Å². The quantitative estimate of drug-likeness (QED) is 0.549. The Morgan fingerprint density at radius 1 is 1.15 bits per heavy atom. The number of hydrogen-bond donors (Lipinski definition) is 0. The van der Waals surface area contributed by atoms with Crippen LogP contribution in [0, 0.1) is 6.92 Å². The van der Waals surface area contributed by atoms with E-state index in [-0.39, 0.29) is 5.56 Å². The van der Waals surface area contributed by atoms with E-state index in [1.165, 1.54) is 15.9 Å². The molecule has 0 unspecified atom stereocenters. The van der Waals surface area contributed by atoms with Gasteiger partial charge >= 0.3 is 0 Å². The van der Waals surface area contributed by atoms with Crippen LogP contribution in [0.3, 0.4) is 0 Å². The molecule has 0 saturated heterocycles. The Bertz CT molecular complexity index is 1210. The summed E-state index contributed by atoms with van der Waals surface area (Å²) in [6, 6.07) is 9.05. The summed E-state index contributed by atoms with van der Waals surface area (Å²) >= 11 is 1.27. The van der Waals surface area contributed by atoms with Gasteiger partial charge in [0.05, 0.1) is 14.2 Å². The number of thiazole rings is 1. The van der Waals surface area contributed by atoms with E-state index in [2.05, 4.69) is 10.1 Å². The molecular weight excluding hydrogens is 354 g/mol. The molecule has 4 aromatic rings. The average Bonchev–Trinajstić information content (AvgIpc) is 3.32. The number of benzene rings is 1. The number of fused-ring (bicyclic) bond motifs is 1. The Labute approximate surface area is 152 Å². The normalized spacial score (nSPS) is 12.0. The highest BCUT2D eigenvalue weighted by Gasteiger charge is 2.14. The molecule has 0 saturated carbocycles. The molecule has 0 radical (unpaired) electrons. The van der Waals surface area contributed by atoms with Crippen LogP contribution in [-0.4, -0.2) is 28.8 Å². The van der Waals surface area contributed by atoms with Crippen LogP contribution in [-0.2, 0) is 0 Å². The fraction of sp³-hybridized carbons (Fsp3) is 0.167. The maximum Gasteiger partial charge on any atom is 0.291 e. The maximum atomic E-state index is 12.6. The average molecular weight is 369 g/mol. The van der Waals surface area contributed by atoms with Crippen LogP contribution >= 0.6 is 11.3 Å². The molecule has 7 nitrogen and oxygen atoms in total. The number of hydrogen-bond acceptors (Lipinski definition) is 7. The van der Waals surface area contributed by atoms with Gasteiger partial charge in [0.1, 0.15) is 16.1 Å². The number of methoxy groups -OCH3 is 2. The van der Waals surface area contributed by atoms with E-state index in [1.54, 1.807) is 32.4 Å². The molecule has 8 heteroatoms. The minimum atomic E-state index is -0.224. The summed E-state index contributed by atoms with van der Waals surface area (Å²) in [5, 5.41) is 4.34. The van der Waals surface area contributed by atoms with Crippen LogP contribution in [0.25, 0.3) is 22.4 Å². The van der Waals surface area contributed by atoms with Crippen molar-refractivity contribution >= 4 is 22.4 Å². The summed E-state index contributed by atoms with van der Waals surface area (Å²) in [7, 11) is 3.14. The molecule has 3 heterocycles. The Morgan fingerprint density at radius 2 is 1.96 bits per heavy atom. The summed E-state index contributed by atoms with van der Waals surface area (Å²) in [5.41, 5.74) is 0.517. The summed E-state index contributed by atoms with van der Waals surface area (Å²) in [6.07, 6.45) is 1.70. The highest BCUT2D eigenvalue weighted by atomic mass is 32.1. The van der Waals surface area contributed by atoms with E-state index in [4.69, 9.17) is 13.9 Å². The molecule has 0 aliphatic heterocycles. The number of ether oxygens (including phenoxy) is 2. The van der Waals surface area contributed by atoms with Crippen molar-refractivity contribution < 1.29 is 13.9 Å². The lowest BCUT2D eigenvalue weighted by atomic mass is 10.2. The van der Waals surface area contributed by atoms with Gasteiger partial charge in [-0.05, 0) is 37.3 Å². The van der Waals surface area contributed by atoms with E-state index in [1.807, 2.05) is 25.1 Å². The second-order valence-corrected chi connectivity index (χ2v) is 6.57. The second-order valence-electron chi connectivity index (χ2n) is 5.56. The molecular formula is C18H15N3O4S. The van der Waals surface area contributed by atoms with Crippen LogP contribution in [0.1, 0.15) is 11.5 Å². The van der Waals surface area contributed by atoms with Crippen molar-refractivity contribution in [2.24, 2.45) is 0 Å². The number of aryl methyl sites for hydroxylation is 1. The Balaban J connectivity index is 1.78. The Kier molecular flexibility index (Phi) is 3.96. The van der Waals surface area contributed by atoms with Crippen LogP contribution in [0.15, 0.2) is 39.5 Å². The molecule has 0 bridgehead atoms. The van der Waals surface area contributed by atoms with Crippen LogP contribution in [0.4, 0.5) is 0 Å². The molecule has 0 N–H and O–H groups in total. The molecule has 0 fully saturated rings. The lowest BCUT2D eigenvalue weighted by Crippen LogP contribution is -2.23.